The molecule has 1 aliphatic carbocycles. The lowest BCUT2D eigenvalue weighted by Gasteiger charge is -2.12. The fourth-order valence-electron chi connectivity index (χ4n) is 2.18. The molecule has 0 aromatic carbocycles. The van der Waals surface area contributed by atoms with Gasteiger partial charge in [-0.05, 0) is 17.9 Å². The molecule has 3 rings (SSSR count). The molecule has 0 bridgehead atoms. The van der Waals surface area contributed by atoms with Crippen LogP contribution >= 0.6 is 11.3 Å². The van der Waals surface area contributed by atoms with Gasteiger partial charge in [-0.3, -0.25) is 0 Å². The van der Waals surface area contributed by atoms with Crippen molar-refractivity contribution in [3.63, 3.8) is 0 Å². The van der Waals surface area contributed by atoms with Gasteiger partial charge in [0.05, 0.1) is 4.70 Å². The van der Waals surface area contributed by atoms with Crippen LogP contribution in [0, 0.1) is 0 Å². The Morgan fingerprint density at radius 1 is 1.31 bits per heavy atom. The second kappa shape index (κ2) is 4.46. The fourth-order valence-corrected chi connectivity index (χ4v) is 3.50. The lowest BCUT2D eigenvalue weighted by molar-refractivity contribution is 0.790. The van der Waals surface area contributed by atoms with Crippen molar-refractivity contribution in [2.45, 2.75) is 33.1 Å². The van der Waals surface area contributed by atoms with E-state index in [0.29, 0.717) is 5.92 Å². The van der Waals surface area contributed by atoms with Crippen LogP contribution in [0.3, 0.4) is 0 Å². The third kappa shape index (κ3) is 1.71. The summed E-state index contributed by atoms with van der Waals surface area (Å²) in [5, 5.41) is 1.43. The summed E-state index contributed by atoms with van der Waals surface area (Å²) >= 11 is 1.96. The number of aryl methyl sites for hydroxylation is 1. The molecule has 0 saturated carbocycles. The van der Waals surface area contributed by atoms with E-state index < -0.39 is 0 Å². The molecule has 0 radical (unpaired) electrons. The molecular weight excluding hydrogens is 214 g/mol. The monoisotopic (exact) mass is 233 g/mol. The number of hydrogen-bond donors (Lipinski definition) is 0. The fraction of sp³-hybridized carbons (Fsp3) is 0.429. The predicted molar refractivity (Wildman–Crippen MR) is 74.2 cm³/mol. The number of nitrogens with zero attached hydrogens (tertiary/aromatic N) is 1. The van der Waals surface area contributed by atoms with E-state index in [0.717, 1.165) is 0 Å². The molecule has 0 fully saturated rings. The van der Waals surface area contributed by atoms with Gasteiger partial charge in [-0.2, -0.15) is 0 Å². The van der Waals surface area contributed by atoms with Gasteiger partial charge < -0.3 is 4.57 Å². The largest absolute Gasteiger partial charge is 0.355 e. The van der Waals surface area contributed by atoms with Crippen LogP contribution in [0.2, 0.25) is 0 Å². The Balaban J connectivity index is 0.000000457. The van der Waals surface area contributed by atoms with Crippen molar-refractivity contribution in [1.82, 2.24) is 4.57 Å². The Kier molecular flexibility index (Phi) is 3.20. The molecule has 0 aliphatic heterocycles. The smallest absolute Gasteiger partial charge is 0.0528 e. The van der Waals surface area contributed by atoms with Gasteiger partial charge in [-0.15, -0.1) is 11.3 Å². The van der Waals surface area contributed by atoms with Crippen LogP contribution in [0.15, 0.2) is 18.5 Å². The van der Waals surface area contributed by atoms with Crippen LogP contribution in [0.1, 0.15) is 43.6 Å². The first-order valence-corrected chi connectivity index (χ1v) is 6.82. The van der Waals surface area contributed by atoms with Gasteiger partial charge in [-0.1, -0.05) is 32.9 Å². The second-order valence-corrected chi connectivity index (χ2v) is 5.20. The zero-order chi connectivity index (χ0) is 11.7. The zero-order valence-corrected chi connectivity index (χ0v) is 11.3. The van der Waals surface area contributed by atoms with Crippen molar-refractivity contribution in [3.05, 3.63) is 28.9 Å². The highest BCUT2D eigenvalue weighted by atomic mass is 32.1. The van der Waals surface area contributed by atoms with E-state index in [1.54, 1.807) is 4.88 Å². The summed E-state index contributed by atoms with van der Waals surface area (Å²) in [5.74, 6) is 0.706. The maximum atomic E-state index is 2.32. The molecule has 2 heteroatoms. The highest BCUT2D eigenvalue weighted by molar-refractivity contribution is 7.19. The molecule has 2 aromatic heterocycles. The SMILES string of the molecule is CC.CC1CC=Cc2c1sc1cn(C)cc21. The third-order valence-electron chi connectivity index (χ3n) is 2.92. The normalized spacial score (nSPS) is 18.1. The molecule has 1 atom stereocenters. The first kappa shape index (κ1) is 11.5. The maximum Gasteiger partial charge on any atom is 0.0528 e. The van der Waals surface area contributed by atoms with Gasteiger partial charge in [0.1, 0.15) is 0 Å². The summed E-state index contributed by atoms with van der Waals surface area (Å²) in [5.41, 5.74) is 1.46. The van der Waals surface area contributed by atoms with Gasteiger partial charge in [-0.25, -0.2) is 0 Å². The van der Waals surface area contributed by atoms with E-state index in [-0.39, 0.29) is 0 Å². The van der Waals surface area contributed by atoms with Gasteiger partial charge in [0.15, 0.2) is 0 Å². The van der Waals surface area contributed by atoms with E-state index in [1.807, 2.05) is 25.2 Å². The Hall–Kier alpha value is -1.02. The molecule has 2 aromatic rings. The summed E-state index contributed by atoms with van der Waals surface area (Å²) < 4.78 is 3.57. The third-order valence-corrected chi connectivity index (χ3v) is 4.30. The number of fused-ring (bicyclic) bond motifs is 3. The molecule has 86 valence electrons. The van der Waals surface area contributed by atoms with Gasteiger partial charge >= 0.3 is 0 Å². The van der Waals surface area contributed by atoms with Crippen molar-refractivity contribution >= 4 is 27.5 Å². The highest BCUT2D eigenvalue weighted by Gasteiger charge is 2.18. The van der Waals surface area contributed by atoms with Gasteiger partial charge in [0, 0.05) is 29.7 Å². The minimum absolute atomic E-state index is 0.706. The number of hydrogen-bond acceptors (Lipinski definition) is 1. The Labute approximate surface area is 101 Å². The zero-order valence-electron chi connectivity index (χ0n) is 10.4. The van der Waals surface area contributed by atoms with Gasteiger partial charge in [0.2, 0.25) is 0 Å². The van der Waals surface area contributed by atoms with Crippen molar-refractivity contribution in [2.75, 3.05) is 0 Å². The van der Waals surface area contributed by atoms with E-state index >= 15 is 0 Å². The van der Waals surface area contributed by atoms with Crippen LogP contribution in [0.25, 0.3) is 16.2 Å². The molecule has 0 spiro atoms. The van der Waals surface area contributed by atoms with E-state index in [9.17, 15) is 0 Å². The summed E-state index contributed by atoms with van der Waals surface area (Å²) in [6.45, 7) is 6.32. The van der Waals surface area contributed by atoms with Crippen molar-refractivity contribution in [2.24, 2.45) is 7.05 Å². The summed E-state index contributed by atoms with van der Waals surface area (Å²) in [4.78, 5) is 1.57. The van der Waals surface area contributed by atoms with Crippen LogP contribution in [-0.2, 0) is 7.05 Å². The first-order valence-electron chi connectivity index (χ1n) is 6.00. The lowest BCUT2D eigenvalue weighted by Crippen LogP contribution is -1.94. The average molecular weight is 233 g/mol. The van der Waals surface area contributed by atoms with Crippen LogP contribution in [0.4, 0.5) is 0 Å². The van der Waals surface area contributed by atoms with E-state index in [1.165, 1.54) is 22.1 Å². The minimum Gasteiger partial charge on any atom is -0.355 e. The molecule has 1 aliphatic rings. The summed E-state index contributed by atoms with van der Waals surface area (Å²) in [6, 6.07) is 0. The lowest BCUT2D eigenvalue weighted by atomic mass is 9.95. The molecule has 0 N–H and O–H groups in total. The first-order chi connectivity index (χ1) is 7.75. The molecule has 0 saturated heterocycles. The number of allylic oxidation sites excluding steroid dienone is 1. The maximum absolute atomic E-state index is 2.32. The van der Waals surface area contributed by atoms with Crippen LogP contribution in [0.5, 0.6) is 0 Å². The molecule has 2 heterocycles. The standard InChI is InChI=1S/C12H13NS.C2H6/c1-8-4-3-5-9-10-6-13(2)7-11(10)14-12(8)9;1-2/h3,5-8H,4H2,1-2H3;1-2H3. The predicted octanol–water partition coefficient (Wildman–Crippen LogP) is 4.79. The Morgan fingerprint density at radius 3 is 2.81 bits per heavy atom. The molecule has 1 nitrogen and oxygen atoms in total. The highest BCUT2D eigenvalue weighted by Crippen LogP contribution is 2.41. The number of rotatable bonds is 0. The minimum atomic E-state index is 0.706. The summed E-state index contributed by atoms with van der Waals surface area (Å²) in [6.07, 6.45) is 10.2. The topological polar surface area (TPSA) is 4.93 Å². The summed E-state index contributed by atoms with van der Waals surface area (Å²) in [7, 11) is 2.09. The van der Waals surface area contributed by atoms with E-state index in [4.69, 9.17) is 0 Å². The molecular formula is C14H19NS. The number of thiophene rings is 1. The molecule has 1 unspecified atom stereocenters. The Morgan fingerprint density at radius 2 is 2.06 bits per heavy atom. The number of aromatic nitrogens is 1. The molecule has 0 amide bonds. The van der Waals surface area contributed by atoms with Crippen molar-refractivity contribution in [1.29, 1.82) is 0 Å². The average Bonchev–Trinajstić information content (AvgIpc) is 2.79. The van der Waals surface area contributed by atoms with E-state index in [2.05, 4.69) is 43.1 Å². The molecule has 16 heavy (non-hydrogen) atoms. The van der Waals surface area contributed by atoms with Crippen LogP contribution in [-0.4, -0.2) is 4.57 Å². The quantitative estimate of drug-likeness (QED) is 0.616. The van der Waals surface area contributed by atoms with Crippen LogP contribution < -0.4 is 0 Å². The Bertz CT molecular complexity index is 516. The van der Waals surface area contributed by atoms with Crippen molar-refractivity contribution < 1.29 is 0 Å². The second-order valence-electron chi connectivity index (χ2n) is 4.12. The van der Waals surface area contributed by atoms with Crippen molar-refractivity contribution in [3.8, 4) is 0 Å². The van der Waals surface area contributed by atoms with Gasteiger partial charge in [0.25, 0.3) is 0 Å².